The summed E-state index contributed by atoms with van der Waals surface area (Å²) in [7, 11) is 0. The molecule has 2 aromatic carbocycles. The summed E-state index contributed by atoms with van der Waals surface area (Å²) in [6.07, 6.45) is -0.108. The van der Waals surface area contributed by atoms with E-state index in [1.54, 1.807) is 23.1 Å². The highest BCUT2D eigenvalue weighted by atomic mass is 35.5. The van der Waals surface area contributed by atoms with Gasteiger partial charge in [-0.25, -0.2) is 0 Å². The third kappa shape index (κ3) is 4.20. The van der Waals surface area contributed by atoms with Crippen LogP contribution in [-0.4, -0.2) is 37.1 Å². The third-order valence-electron chi connectivity index (χ3n) is 3.84. The average Bonchev–Trinajstić information content (AvgIpc) is 2.61. The lowest BCUT2D eigenvalue weighted by molar-refractivity contribution is -0.141. The van der Waals surface area contributed by atoms with Crippen molar-refractivity contribution in [3.8, 4) is 5.75 Å². The Morgan fingerprint density at radius 3 is 2.75 bits per heavy atom. The van der Waals surface area contributed by atoms with Crippen molar-refractivity contribution in [1.82, 2.24) is 4.90 Å². The zero-order valence-electron chi connectivity index (χ0n) is 13.0. The van der Waals surface area contributed by atoms with Gasteiger partial charge in [0.15, 0.2) is 6.61 Å². The molecule has 6 heteroatoms. The summed E-state index contributed by atoms with van der Waals surface area (Å²) in [5, 5.41) is 0.914. The number of hydrogen-bond donors (Lipinski definition) is 0. The van der Waals surface area contributed by atoms with Gasteiger partial charge >= 0.3 is 0 Å². The number of rotatable bonds is 4. The maximum absolute atomic E-state index is 12.4. The minimum absolute atomic E-state index is 0.0666. The van der Waals surface area contributed by atoms with Gasteiger partial charge in [0.25, 0.3) is 5.91 Å². The van der Waals surface area contributed by atoms with Crippen LogP contribution in [0, 0.1) is 0 Å². The molecule has 1 atom stereocenters. The number of carbonyl (C=O) groups excluding carboxylic acids is 1. The van der Waals surface area contributed by atoms with Gasteiger partial charge in [-0.15, -0.1) is 0 Å². The molecular formula is C18H17Cl2NO3. The van der Waals surface area contributed by atoms with E-state index in [0.29, 0.717) is 35.5 Å². The van der Waals surface area contributed by atoms with Crippen molar-refractivity contribution in [1.29, 1.82) is 0 Å². The van der Waals surface area contributed by atoms with E-state index < -0.39 is 0 Å². The molecule has 1 saturated heterocycles. The molecule has 1 amide bonds. The zero-order valence-corrected chi connectivity index (χ0v) is 14.5. The Labute approximate surface area is 150 Å². The number of nitrogens with zero attached hydrogens (tertiary/aromatic N) is 1. The molecule has 1 aliphatic rings. The maximum Gasteiger partial charge on any atom is 0.260 e. The Balaban J connectivity index is 1.58. The second-order valence-electron chi connectivity index (χ2n) is 5.47. The third-order valence-corrected chi connectivity index (χ3v) is 4.37. The van der Waals surface area contributed by atoms with Crippen molar-refractivity contribution in [2.75, 3.05) is 26.3 Å². The molecular weight excluding hydrogens is 349 g/mol. The predicted octanol–water partition coefficient (Wildman–Crippen LogP) is 3.97. The Morgan fingerprint density at radius 1 is 1.21 bits per heavy atom. The largest absolute Gasteiger partial charge is 0.482 e. The Bertz CT molecular complexity index is 709. The van der Waals surface area contributed by atoms with Crippen molar-refractivity contribution < 1.29 is 14.3 Å². The summed E-state index contributed by atoms with van der Waals surface area (Å²) < 4.78 is 11.3. The average molecular weight is 366 g/mol. The number of benzene rings is 2. The van der Waals surface area contributed by atoms with Crippen LogP contribution in [0.1, 0.15) is 11.7 Å². The van der Waals surface area contributed by atoms with Crippen LogP contribution in [-0.2, 0) is 9.53 Å². The van der Waals surface area contributed by atoms with Gasteiger partial charge in [-0.2, -0.15) is 0 Å². The molecule has 126 valence electrons. The van der Waals surface area contributed by atoms with Gasteiger partial charge in [0.05, 0.1) is 18.2 Å². The van der Waals surface area contributed by atoms with Gasteiger partial charge in [0.1, 0.15) is 11.9 Å². The van der Waals surface area contributed by atoms with E-state index in [0.717, 1.165) is 5.56 Å². The number of halogens is 2. The van der Waals surface area contributed by atoms with Crippen LogP contribution in [0.25, 0.3) is 0 Å². The maximum atomic E-state index is 12.4. The first-order valence-electron chi connectivity index (χ1n) is 7.65. The number of carbonyl (C=O) groups is 1. The minimum atomic E-state index is -0.108. The normalized spacial score (nSPS) is 17.6. The molecule has 3 rings (SSSR count). The number of amides is 1. The molecule has 0 bridgehead atoms. The SMILES string of the molecule is O=C(COc1ccc(Cl)cc1Cl)N1CCOC(c2ccccc2)C1. The lowest BCUT2D eigenvalue weighted by Crippen LogP contribution is -2.44. The van der Waals surface area contributed by atoms with E-state index in [1.807, 2.05) is 30.3 Å². The number of ether oxygens (including phenoxy) is 2. The van der Waals surface area contributed by atoms with Gasteiger partial charge in [0, 0.05) is 11.6 Å². The smallest absolute Gasteiger partial charge is 0.260 e. The number of morpholine rings is 1. The molecule has 0 radical (unpaired) electrons. The van der Waals surface area contributed by atoms with Crippen LogP contribution >= 0.6 is 23.2 Å². The van der Waals surface area contributed by atoms with E-state index in [1.165, 1.54) is 0 Å². The Kier molecular flexibility index (Phi) is 5.61. The molecule has 2 aromatic rings. The lowest BCUT2D eigenvalue weighted by Gasteiger charge is -2.33. The van der Waals surface area contributed by atoms with Crippen molar-refractivity contribution in [3.63, 3.8) is 0 Å². The summed E-state index contributed by atoms with van der Waals surface area (Å²) in [4.78, 5) is 14.2. The molecule has 1 fully saturated rings. The highest BCUT2D eigenvalue weighted by molar-refractivity contribution is 6.35. The number of hydrogen-bond acceptors (Lipinski definition) is 3. The molecule has 1 unspecified atom stereocenters. The van der Waals surface area contributed by atoms with Crippen LogP contribution in [0.3, 0.4) is 0 Å². The van der Waals surface area contributed by atoms with Gasteiger partial charge < -0.3 is 14.4 Å². The monoisotopic (exact) mass is 365 g/mol. The van der Waals surface area contributed by atoms with Gasteiger partial charge in [0.2, 0.25) is 0 Å². The first-order valence-corrected chi connectivity index (χ1v) is 8.41. The lowest BCUT2D eigenvalue weighted by atomic mass is 10.1. The van der Waals surface area contributed by atoms with Gasteiger partial charge in [-0.05, 0) is 23.8 Å². The van der Waals surface area contributed by atoms with Crippen molar-refractivity contribution in [3.05, 3.63) is 64.1 Å². The fourth-order valence-corrected chi connectivity index (χ4v) is 3.03. The Hall–Kier alpha value is -1.75. The second-order valence-corrected chi connectivity index (χ2v) is 6.32. The van der Waals surface area contributed by atoms with E-state index in [9.17, 15) is 4.79 Å². The molecule has 0 aromatic heterocycles. The molecule has 1 heterocycles. The fourth-order valence-electron chi connectivity index (χ4n) is 2.57. The minimum Gasteiger partial charge on any atom is -0.482 e. The molecule has 0 saturated carbocycles. The highest BCUT2D eigenvalue weighted by Crippen LogP contribution is 2.28. The first kappa shape index (κ1) is 17.1. The zero-order chi connectivity index (χ0) is 16.9. The summed E-state index contributed by atoms with van der Waals surface area (Å²) in [6.45, 7) is 1.51. The standard InChI is InChI=1S/C18H17Cl2NO3/c19-14-6-7-16(15(20)10-14)24-12-18(22)21-8-9-23-17(11-21)13-4-2-1-3-5-13/h1-7,10,17H,8-9,11-12H2. The van der Waals surface area contributed by atoms with E-state index in [-0.39, 0.29) is 18.6 Å². The summed E-state index contributed by atoms with van der Waals surface area (Å²) in [5.41, 5.74) is 1.07. The van der Waals surface area contributed by atoms with Gasteiger partial charge in [-0.3, -0.25) is 4.79 Å². The molecule has 0 spiro atoms. The summed E-state index contributed by atoms with van der Waals surface area (Å²) >= 11 is 11.9. The van der Waals surface area contributed by atoms with Gasteiger partial charge in [-0.1, -0.05) is 53.5 Å². The van der Waals surface area contributed by atoms with Crippen LogP contribution in [0.4, 0.5) is 0 Å². The topological polar surface area (TPSA) is 38.8 Å². The van der Waals surface area contributed by atoms with E-state index in [4.69, 9.17) is 32.7 Å². The van der Waals surface area contributed by atoms with Crippen LogP contribution < -0.4 is 4.74 Å². The van der Waals surface area contributed by atoms with E-state index in [2.05, 4.69) is 0 Å². The molecule has 0 aliphatic carbocycles. The molecule has 0 N–H and O–H groups in total. The quantitative estimate of drug-likeness (QED) is 0.822. The fraction of sp³-hybridized carbons (Fsp3) is 0.278. The summed E-state index contributed by atoms with van der Waals surface area (Å²) in [6, 6.07) is 14.8. The van der Waals surface area contributed by atoms with Crippen LogP contribution in [0.15, 0.2) is 48.5 Å². The first-order chi connectivity index (χ1) is 11.6. The highest BCUT2D eigenvalue weighted by Gasteiger charge is 2.25. The van der Waals surface area contributed by atoms with Crippen molar-refractivity contribution >= 4 is 29.1 Å². The molecule has 24 heavy (non-hydrogen) atoms. The molecule has 1 aliphatic heterocycles. The Morgan fingerprint density at radius 2 is 2.00 bits per heavy atom. The van der Waals surface area contributed by atoms with Crippen molar-refractivity contribution in [2.24, 2.45) is 0 Å². The van der Waals surface area contributed by atoms with Crippen LogP contribution in [0.5, 0.6) is 5.75 Å². The van der Waals surface area contributed by atoms with Crippen molar-refractivity contribution in [2.45, 2.75) is 6.10 Å². The van der Waals surface area contributed by atoms with Crippen LogP contribution in [0.2, 0.25) is 10.0 Å². The predicted molar refractivity (Wildman–Crippen MR) is 93.7 cm³/mol. The molecule has 4 nitrogen and oxygen atoms in total. The second kappa shape index (κ2) is 7.88. The summed E-state index contributed by atoms with van der Waals surface area (Å²) in [5.74, 6) is 0.354. The van der Waals surface area contributed by atoms with E-state index >= 15 is 0 Å².